The van der Waals surface area contributed by atoms with Crippen LogP contribution in [0.15, 0.2) is 18.2 Å². The van der Waals surface area contributed by atoms with Crippen LogP contribution in [0, 0.1) is 5.92 Å². The Morgan fingerprint density at radius 1 is 1.30 bits per heavy atom. The normalized spacial score (nSPS) is 21.1. The van der Waals surface area contributed by atoms with Crippen molar-refractivity contribution in [3.05, 3.63) is 23.8 Å². The second kappa shape index (κ2) is 5.03. The van der Waals surface area contributed by atoms with Gasteiger partial charge in [0.15, 0.2) is 11.5 Å². The van der Waals surface area contributed by atoms with Crippen LogP contribution in [-0.4, -0.2) is 41.6 Å². The zero-order chi connectivity index (χ0) is 14.1. The van der Waals surface area contributed by atoms with E-state index in [1.807, 2.05) is 18.2 Å². The third kappa shape index (κ3) is 2.41. The molecule has 106 valence electrons. The Hall–Kier alpha value is -2.24. The molecule has 0 aliphatic carbocycles. The summed E-state index contributed by atoms with van der Waals surface area (Å²) in [4.78, 5) is 24.3. The Labute approximate surface area is 115 Å². The van der Waals surface area contributed by atoms with Crippen LogP contribution in [0.5, 0.6) is 11.5 Å². The van der Waals surface area contributed by atoms with Gasteiger partial charge in [0.25, 0.3) is 0 Å². The molecule has 1 amide bonds. The van der Waals surface area contributed by atoms with Gasteiger partial charge in [-0.2, -0.15) is 0 Å². The number of carboxylic acid groups (broad SMARTS) is 1. The minimum Gasteiger partial charge on any atom is -0.486 e. The van der Waals surface area contributed by atoms with Crippen LogP contribution in [-0.2, 0) is 16.1 Å². The Morgan fingerprint density at radius 3 is 2.75 bits per heavy atom. The fourth-order valence-corrected chi connectivity index (χ4v) is 2.50. The highest BCUT2D eigenvalue weighted by atomic mass is 16.6. The van der Waals surface area contributed by atoms with Crippen molar-refractivity contribution in [1.82, 2.24) is 4.90 Å². The summed E-state index contributed by atoms with van der Waals surface area (Å²) in [5.74, 6) is -0.249. The third-order valence-corrected chi connectivity index (χ3v) is 3.54. The summed E-state index contributed by atoms with van der Waals surface area (Å²) in [5.41, 5.74) is 0.911. The average molecular weight is 277 g/mol. The summed E-state index contributed by atoms with van der Waals surface area (Å²) in [6, 6.07) is 5.53. The van der Waals surface area contributed by atoms with Gasteiger partial charge in [-0.25, -0.2) is 0 Å². The van der Waals surface area contributed by atoms with Crippen molar-refractivity contribution < 1.29 is 24.2 Å². The minimum atomic E-state index is -0.914. The first kappa shape index (κ1) is 12.8. The highest BCUT2D eigenvalue weighted by molar-refractivity contribution is 5.86. The molecular weight excluding hydrogens is 262 g/mol. The molecule has 2 heterocycles. The lowest BCUT2D eigenvalue weighted by atomic mass is 10.1. The fourth-order valence-electron chi connectivity index (χ4n) is 2.50. The van der Waals surface area contributed by atoms with E-state index in [9.17, 15) is 9.59 Å². The first-order valence-corrected chi connectivity index (χ1v) is 6.52. The molecule has 1 fully saturated rings. The highest BCUT2D eigenvalue weighted by Crippen LogP contribution is 2.31. The number of ether oxygens (including phenoxy) is 2. The van der Waals surface area contributed by atoms with Crippen LogP contribution in [0.3, 0.4) is 0 Å². The summed E-state index contributed by atoms with van der Waals surface area (Å²) in [6.07, 6.45) is 0.0832. The third-order valence-electron chi connectivity index (χ3n) is 3.54. The number of carbonyl (C=O) groups is 2. The standard InChI is InChI=1S/C14H15NO5/c16-13-6-10(14(17)18)8-15(13)7-9-1-2-11-12(5-9)20-4-3-19-11/h1-2,5,10H,3-4,6-8H2,(H,17,18)/t10-/m1/s1. The number of hydrogen-bond acceptors (Lipinski definition) is 4. The first-order valence-electron chi connectivity index (χ1n) is 6.52. The van der Waals surface area contributed by atoms with E-state index in [0.717, 1.165) is 5.56 Å². The highest BCUT2D eigenvalue weighted by Gasteiger charge is 2.34. The fraction of sp³-hybridized carbons (Fsp3) is 0.429. The van der Waals surface area contributed by atoms with Gasteiger partial charge in [-0.05, 0) is 17.7 Å². The molecule has 1 aromatic carbocycles. The number of rotatable bonds is 3. The van der Waals surface area contributed by atoms with Crippen molar-refractivity contribution in [3.63, 3.8) is 0 Å². The van der Waals surface area contributed by atoms with Crippen molar-refractivity contribution in [2.75, 3.05) is 19.8 Å². The van der Waals surface area contributed by atoms with E-state index < -0.39 is 11.9 Å². The number of nitrogens with zero attached hydrogens (tertiary/aromatic N) is 1. The number of carboxylic acids is 1. The van der Waals surface area contributed by atoms with Crippen LogP contribution in [0.25, 0.3) is 0 Å². The second-order valence-electron chi connectivity index (χ2n) is 4.99. The van der Waals surface area contributed by atoms with Crippen molar-refractivity contribution >= 4 is 11.9 Å². The first-order chi connectivity index (χ1) is 9.63. The molecule has 1 aromatic rings. The van der Waals surface area contributed by atoms with Crippen molar-refractivity contribution in [2.24, 2.45) is 5.92 Å². The van der Waals surface area contributed by atoms with Crippen LogP contribution < -0.4 is 9.47 Å². The van der Waals surface area contributed by atoms with E-state index in [1.54, 1.807) is 4.90 Å². The van der Waals surface area contributed by atoms with Crippen molar-refractivity contribution in [3.8, 4) is 11.5 Å². The smallest absolute Gasteiger partial charge is 0.308 e. The van der Waals surface area contributed by atoms with Gasteiger partial charge >= 0.3 is 5.97 Å². The molecule has 6 heteroatoms. The minimum absolute atomic E-state index is 0.0832. The van der Waals surface area contributed by atoms with E-state index in [1.165, 1.54) is 0 Å². The van der Waals surface area contributed by atoms with Crippen LogP contribution in [0.2, 0.25) is 0 Å². The van der Waals surface area contributed by atoms with Gasteiger partial charge in [-0.3, -0.25) is 9.59 Å². The van der Waals surface area contributed by atoms with E-state index >= 15 is 0 Å². The van der Waals surface area contributed by atoms with Gasteiger partial charge in [-0.15, -0.1) is 0 Å². The Bertz CT molecular complexity index is 556. The van der Waals surface area contributed by atoms with Gasteiger partial charge in [0.2, 0.25) is 5.91 Å². The molecule has 2 aliphatic rings. The lowest BCUT2D eigenvalue weighted by molar-refractivity contribution is -0.141. The molecule has 2 aliphatic heterocycles. The zero-order valence-corrected chi connectivity index (χ0v) is 10.9. The molecule has 0 spiro atoms. The molecule has 1 saturated heterocycles. The van der Waals surface area contributed by atoms with Gasteiger partial charge in [-0.1, -0.05) is 6.07 Å². The molecule has 1 N–H and O–H groups in total. The molecular formula is C14H15NO5. The number of hydrogen-bond donors (Lipinski definition) is 1. The molecule has 0 saturated carbocycles. The number of aliphatic carboxylic acids is 1. The maximum absolute atomic E-state index is 11.8. The topological polar surface area (TPSA) is 76.1 Å². The summed E-state index contributed by atoms with van der Waals surface area (Å²) >= 11 is 0. The molecule has 0 bridgehead atoms. The van der Waals surface area contributed by atoms with Gasteiger partial charge < -0.3 is 19.5 Å². The predicted molar refractivity (Wildman–Crippen MR) is 68.6 cm³/mol. The lowest BCUT2D eigenvalue weighted by Crippen LogP contribution is -2.26. The number of benzene rings is 1. The van der Waals surface area contributed by atoms with Crippen molar-refractivity contribution in [1.29, 1.82) is 0 Å². The summed E-state index contributed by atoms with van der Waals surface area (Å²) in [5, 5.41) is 8.96. The van der Waals surface area contributed by atoms with E-state index in [4.69, 9.17) is 14.6 Å². The van der Waals surface area contributed by atoms with Crippen LogP contribution >= 0.6 is 0 Å². The molecule has 20 heavy (non-hydrogen) atoms. The number of likely N-dealkylation sites (tertiary alicyclic amines) is 1. The predicted octanol–water partition coefficient (Wildman–Crippen LogP) is 0.891. The summed E-state index contributed by atoms with van der Waals surface area (Å²) in [6.45, 7) is 1.72. The zero-order valence-electron chi connectivity index (χ0n) is 10.9. The lowest BCUT2D eigenvalue weighted by Gasteiger charge is -2.21. The largest absolute Gasteiger partial charge is 0.486 e. The number of amides is 1. The Kier molecular flexibility index (Phi) is 3.22. The van der Waals surface area contributed by atoms with Crippen molar-refractivity contribution in [2.45, 2.75) is 13.0 Å². The van der Waals surface area contributed by atoms with Crippen LogP contribution in [0.1, 0.15) is 12.0 Å². The summed E-state index contributed by atoms with van der Waals surface area (Å²) < 4.78 is 10.9. The monoisotopic (exact) mass is 277 g/mol. The second-order valence-corrected chi connectivity index (χ2v) is 4.99. The molecule has 0 radical (unpaired) electrons. The molecule has 3 rings (SSSR count). The van der Waals surface area contributed by atoms with Gasteiger partial charge in [0.05, 0.1) is 5.92 Å². The van der Waals surface area contributed by atoms with E-state index in [-0.39, 0.29) is 18.9 Å². The van der Waals surface area contributed by atoms with Gasteiger partial charge in [0.1, 0.15) is 13.2 Å². The SMILES string of the molecule is O=C(O)[C@@H]1CC(=O)N(Cc2ccc3c(c2)OCCO3)C1. The number of fused-ring (bicyclic) bond motifs is 1. The Morgan fingerprint density at radius 2 is 2.05 bits per heavy atom. The number of carbonyl (C=O) groups excluding carboxylic acids is 1. The van der Waals surface area contributed by atoms with Crippen LogP contribution in [0.4, 0.5) is 0 Å². The average Bonchev–Trinajstić information content (AvgIpc) is 2.80. The summed E-state index contributed by atoms with van der Waals surface area (Å²) in [7, 11) is 0. The molecule has 6 nitrogen and oxygen atoms in total. The quantitative estimate of drug-likeness (QED) is 0.888. The maximum Gasteiger partial charge on any atom is 0.308 e. The molecule has 0 unspecified atom stereocenters. The maximum atomic E-state index is 11.8. The Balaban J connectivity index is 1.72. The van der Waals surface area contributed by atoms with E-state index in [2.05, 4.69) is 0 Å². The molecule has 1 atom stereocenters. The molecule has 0 aromatic heterocycles. The van der Waals surface area contributed by atoms with Gasteiger partial charge in [0, 0.05) is 19.5 Å². The van der Waals surface area contributed by atoms with E-state index in [0.29, 0.717) is 31.3 Å².